The van der Waals surface area contributed by atoms with E-state index in [0.717, 1.165) is 22.6 Å². The van der Waals surface area contributed by atoms with Crippen molar-refractivity contribution >= 4 is 23.0 Å². The Bertz CT molecular complexity index is 599. The Labute approximate surface area is 118 Å². The van der Waals surface area contributed by atoms with Gasteiger partial charge in [-0.15, -0.1) is 0 Å². The first-order valence-corrected chi connectivity index (χ1v) is 6.82. The Morgan fingerprint density at radius 1 is 1.20 bits per heavy atom. The molecule has 0 amide bonds. The van der Waals surface area contributed by atoms with E-state index < -0.39 is 0 Å². The third-order valence-electron chi connectivity index (χ3n) is 3.29. The van der Waals surface area contributed by atoms with E-state index in [1.54, 1.807) is 6.92 Å². The van der Waals surface area contributed by atoms with Crippen LogP contribution in [0.4, 0.5) is 0 Å². The summed E-state index contributed by atoms with van der Waals surface area (Å²) in [4.78, 5) is 22.7. The largest absolute Gasteiger partial charge is 0.466 e. The lowest BCUT2D eigenvalue weighted by Crippen LogP contribution is -2.15. The maximum absolute atomic E-state index is 11.5. The van der Waals surface area contributed by atoms with E-state index in [2.05, 4.69) is 0 Å². The lowest BCUT2D eigenvalue weighted by molar-refractivity contribution is -0.145. The number of esters is 1. The van der Waals surface area contributed by atoms with Gasteiger partial charge in [0.2, 0.25) is 0 Å². The van der Waals surface area contributed by atoms with Crippen molar-refractivity contribution in [1.29, 1.82) is 0 Å². The summed E-state index contributed by atoms with van der Waals surface area (Å²) in [5.74, 6) is -0.648. The van der Waals surface area contributed by atoms with Gasteiger partial charge in [-0.2, -0.15) is 0 Å². The van der Waals surface area contributed by atoms with E-state index in [9.17, 15) is 9.59 Å². The van der Waals surface area contributed by atoms with Crippen LogP contribution < -0.4 is 0 Å². The van der Waals surface area contributed by atoms with Crippen molar-refractivity contribution in [2.75, 3.05) is 6.61 Å². The molecule has 2 aromatic rings. The van der Waals surface area contributed by atoms with Crippen LogP contribution >= 0.6 is 0 Å². The Kier molecular flexibility index (Phi) is 4.88. The molecule has 0 saturated heterocycles. The smallest absolute Gasteiger partial charge is 0.306 e. The Hall–Kier alpha value is -2.16. The second-order valence-corrected chi connectivity index (χ2v) is 4.75. The van der Waals surface area contributed by atoms with E-state index in [1.165, 1.54) is 0 Å². The molecule has 3 heteroatoms. The summed E-state index contributed by atoms with van der Waals surface area (Å²) in [6.45, 7) is 2.11. The molecule has 0 N–H and O–H groups in total. The van der Waals surface area contributed by atoms with E-state index in [4.69, 9.17) is 4.74 Å². The molecule has 0 radical (unpaired) electrons. The van der Waals surface area contributed by atoms with Crippen LogP contribution in [-0.4, -0.2) is 18.9 Å². The molecule has 0 aliphatic heterocycles. The van der Waals surface area contributed by atoms with E-state index >= 15 is 0 Å². The highest BCUT2D eigenvalue weighted by atomic mass is 16.5. The molecule has 0 aromatic heterocycles. The molecule has 2 rings (SSSR count). The van der Waals surface area contributed by atoms with Gasteiger partial charge in [-0.3, -0.25) is 4.79 Å². The summed E-state index contributed by atoms with van der Waals surface area (Å²) in [6.07, 6.45) is 1.54. The highest BCUT2D eigenvalue weighted by molar-refractivity contribution is 5.86. The zero-order valence-electron chi connectivity index (χ0n) is 11.5. The highest BCUT2D eigenvalue weighted by Crippen LogP contribution is 2.22. The minimum absolute atomic E-state index is 0.139. The van der Waals surface area contributed by atoms with Crippen molar-refractivity contribution in [2.45, 2.75) is 19.8 Å². The number of ether oxygens (including phenoxy) is 1. The molecule has 3 nitrogen and oxygen atoms in total. The van der Waals surface area contributed by atoms with Crippen molar-refractivity contribution in [3.05, 3.63) is 48.0 Å². The quantitative estimate of drug-likeness (QED) is 0.598. The van der Waals surface area contributed by atoms with Crippen LogP contribution in [0.3, 0.4) is 0 Å². The van der Waals surface area contributed by atoms with Gasteiger partial charge in [0, 0.05) is 5.92 Å². The summed E-state index contributed by atoms with van der Waals surface area (Å²) >= 11 is 0. The Morgan fingerprint density at radius 3 is 2.70 bits per heavy atom. The molecule has 0 aliphatic rings. The van der Waals surface area contributed by atoms with Crippen LogP contribution in [0.5, 0.6) is 0 Å². The number of benzene rings is 2. The van der Waals surface area contributed by atoms with E-state index in [1.807, 2.05) is 42.5 Å². The zero-order valence-corrected chi connectivity index (χ0v) is 11.5. The summed E-state index contributed by atoms with van der Waals surface area (Å²) in [6, 6.07) is 14.1. The first kappa shape index (κ1) is 14.3. The number of fused-ring (bicyclic) bond motifs is 1. The van der Waals surface area contributed by atoms with Crippen LogP contribution in [0.15, 0.2) is 42.5 Å². The van der Waals surface area contributed by atoms with Gasteiger partial charge in [0.25, 0.3) is 0 Å². The topological polar surface area (TPSA) is 43.4 Å². The summed E-state index contributed by atoms with van der Waals surface area (Å²) in [7, 11) is 0. The third-order valence-corrected chi connectivity index (χ3v) is 3.29. The SMILES string of the molecule is CCOC(=O)CC(C=O)Cc1cccc2ccccc12. The minimum atomic E-state index is -0.333. The monoisotopic (exact) mass is 270 g/mol. The molecule has 0 heterocycles. The maximum atomic E-state index is 11.5. The molecule has 104 valence electrons. The molecule has 20 heavy (non-hydrogen) atoms. The summed E-state index contributed by atoms with van der Waals surface area (Å²) in [5, 5.41) is 2.27. The Balaban J connectivity index is 2.17. The maximum Gasteiger partial charge on any atom is 0.306 e. The summed E-state index contributed by atoms with van der Waals surface area (Å²) in [5.41, 5.74) is 1.09. The van der Waals surface area contributed by atoms with Crippen molar-refractivity contribution < 1.29 is 14.3 Å². The van der Waals surface area contributed by atoms with Gasteiger partial charge >= 0.3 is 5.97 Å². The van der Waals surface area contributed by atoms with Crippen LogP contribution in [0.25, 0.3) is 10.8 Å². The number of rotatable bonds is 6. The lowest BCUT2D eigenvalue weighted by atomic mass is 9.94. The second kappa shape index (κ2) is 6.85. The van der Waals surface area contributed by atoms with Crippen LogP contribution in [-0.2, 0) is 20.7 Å². The zero-order chi connectivity index (χ0) is 14.4. The molecular weight excluding hydrogens is 252 g/mol. The van der Waals surface area contributed by atoms with Crippen molar-refractivity contribution in [1.82, 2.24) is 0 Å². The van der Waals surface area contributed by atoms with Gasteiger partial charge in [-0.25, -0.2) is 0 Å². The van der Waals surface area contributed by atoms with Gasteiger partial charge in [-0.1, -0.05) is 42.5 Å². The first-order chi connectivity index (χ1) is 9.74. The number of hydrogen-bond donors (Lipinski definition) is 0. The Morgan fingerprint density at radius 2 is 1.95 bits per heavy atom. The third kappa shape index (κ3) is 3.44. The fraction of sp³-hybridized carbons (Fsp3) is 0.294. The van der Waals surface area contributed by atoms with E-state index in [0.29, 0.717) is 13.0 Å². The first-order valence-electron chi connectivity index (χ1n) is 6.82. The molecule has 0 saturated carbocycles. The minimum Gasteiger partial charge on any atom is -0.466 e. The van der Waals surface area contributed by atoms with Crippen LogP contribution in [0, 0.1) is 5.92 Å². The van der Waals surface area contributed by atoms with E-state index in [-0.39, 0.29) is 18.3 Å². The number of hydrogen-bond acceptors (Lipinski definition) is 3. The van der Waals surface area contributed by atoms with Crippen molar-refractivity contribution in [2.24, 2.45) is 5.92 Å². The van der Waals surface area contributed by atoms with Crippen LogP contribution in [0.2, 0.25) is 0 Å². The molecule has 1 atom stereocenters. The lowest BCUT2D eigenvalue weighted by Gasteiger charge is -2.11. The standard InChI is InChI=1S/C17H18O3/c1-2-20-17(19)11-13(12-18)10-15-8-5-7-14-6-3-4-9-16(14)15/h3-9,12-13H,2,10-11H2,1H3. The average Bonchev–Trinajstić information content (AvgIpc) is 2.47. The number of aldehydes is 1. The molecule has 0 fully saturated rings. The fourth-order valence-electron chi connectivity index (χ4n) is 2.36. The molecule has 1 unspecified atom stereocenters. The molecule has 0 spiro atoms. The van der Waals surface area contributed by atoms with Crippen LogP contribution in [0.1, 0.15) is 18.9 Å². The highest BCUT2D eigenvalue weighted by Gasteiger charge is 2.15. The summed E-state index contributed by atoms with van der Waals surface area (Å²) < 4.78 is 4.90. The van der Waals surface area contributed by atoms with Gasteiger partial charge in [-0.05, 0) is 29.7 Å². The number of carbonyl (C=O) groups is 2. The van der Waals surface area contributed by atoms with Gasteiger partial charge < -0.3 is 9.53 Å². The molecular formula is C17H18O3. The van der Waals surface area contributed by atoms with Gasteiger partial charge in [0.1, 0.15) is 6.29 Å². The normalized spacial score (nSPS) is 12.1. The molecule has 2 aromatic carbocycles. The molecule has 0 aliphatic carbocycles. The second-order valence-electron chi connectivity index (χ2n) is 4.75. The van der Waals surface area contributed by atoms with Gasteiger partial charge in [0.15, 0.2) is 0 Å². The molecule has 0 bridgehead atoms. The van der Waals surface area contributed by atoms with Crippen molar-refractivity contribution in [3.63, 3.8) is 0 Å². The van der Waals surface area contributed by atoms with Crippen molar-refractivity contribution in [3.8, 4) is 0 Å². The fourth-order valence-corrected chi connectivity index (χ4v) is 2.36. The predicted octanol–water partition coefficient (Wildman–Crippen LogP) is 3.15. The predicted molar refractivity (Wildman–Crippen MR) is 78.5 cm³/mol. The average molecular weight is 270 g/mol. The van der Waals surface area contributed by atoms with Gasteiger partial charge in [0.05, 0.1) is 13.0 Å². The number of carbonyl (C=O) groups excluding carboxylic acids is 2.